The number of amides is 1. The zero-order valence-electron chi connectivity index (χ0n) is 9.93. The van der Waals surface area contributed by atoms with E-state index in [9.17, 15) is 14.7 Å². The number of carboxylic acid groups (broad SMARTS) is 1. The monoisotopic (exact) mass is 331 g/mol. The summed E-state index contributed by atoms with van der Waals surface area (Å²) in [5.41, 5.74) is 0. The summed E-state index contributed by atoms with van der Waals surface area (Å²) >= 11 is 4.87. The van der Waals surface area contributed by atoms with E-state index in [-0.39, 0.29) is 11.9 Å². The zero-order valence-corrected chi connectivity index (χ0v) is 12.3. The van der Waals surface area contributed by atoms with Gasteiger partial charge < -0.3 is 10.0 Å². The van der Waals surface area contributed by atoms with Gasteiger partial charge in [0.1, 0.15) is 0 Å². The van der Waals surface area contributed by atoms with Gasteiger partial charge >= 0.3 is 5.97 Å². The lowest BCUT2D eigenvalue weighted by Crippen LogP contribution is -2.44. The number of nitrogens with zero attached hydrogens (tertiary/aromatic N) is 1. The molecule has 4 nitrogen and oxygen atoms in total. The minimum atomic E-state index is -0.824. The molecule has 0 aromatic carbocycles. The van der Waals surface area contributed by atoms with E-state index in [1.165, 1.54) is 11.3 Å². The van der Waals surface area contributed by atoms with Crippen LogP contribution in [0.3, 0.4) is 0 Å². The Morgan fingerprint density at radius 2 is 2.39 bits per heavy atom. The fraction of sp³-hybridized carbons (Fsp3) is 0.500. The first-order valence-electron chi connectivity index (χ1n) is 5.80. The summed E-state index contributed by atoms with van der Waals surface area (Å²) in [5, 5.41) is 11.2. The predicted molar refractivity (Wildman–Crippen MR) is 72.5 cm³/mol. The third-order valence-electron chi connectivity index (χ3n) is 3.24. The summed E-state index contributed by atoms with van der Waals surface area (Å²) in [6.45, 7) is 2.43. The summed E-state index contributed by atoms with van der Waals surface area (Å²) in [6.07, 6.45) is 0.749. The SMILES string of the molecule is CCN1C(=O)CCC(C(=O)O)C1c1cc(Br)cs1. The highest BCUT2D eigenvalue weighted by Crippen LogP contribution is 2.40. The van der Waals surface area contributed by atoms with E-state index in [0.717, 1.165) is 9.35 Å². The number of carbonyl (C=O) groups is 2. The molecule has 1 N–H and O–H groups in total. The van der Waals surface area contributed by atoms with Crippen molar-refractivity contribution in [2.45, 2.75) is 25.8 Å². The molecule has 2 rings (SSSR count). The van der Waals surface area contributed by atoms with Gasteiger partial charge in [-0.05, 0) is 35.3 Å². The Labute approximate surface area is 118 Å². The summed E-state index contributed by atoms with van der Waals surface area (Å²) < 4.78 is 0.931. The van der Waals surface area contributed by atoms with E-state index < -0.39 is 11.9 Å². The lowest BCUT2D eigenvalue weighted by Gasteiger charge is -2.38. The molecule has 2 heterocycles. The van der Waals surface area contributed by atoms with E-state index in [1.807, 2.05) is 18.4 Å². The van der Waals surface area contributed by atoms with E-state index in [0.29, 0.717) is 19.4 Å². The van der Waals surface area contributed by atoms with Crippen molar-refractivity contribution in [3.05, 3.63) is 20.8 Å². The Kier molecular flexibility index (Phi) is 4.07. The summed E-state index contributed by atoms with van der Waals surface area (Å²) in [7, 11) is 0. The molecule has 1 amide bonds. The lowest BCUT2D eigenvalue weighted by atomic mass is 9.88. The number of rotatable bonds is 3. The van der Waals surface area contributed by atoms with Crippen molar-refractivity contribution in [1.82, 2.24) is 4.90 Å². The number of hydrogen-bond acceptors (Lipinski definition) is 3. The maximum absolute atomic E-state index is 11.9. The van der Waals surface area contributed by atoms with Gasteiger partial charge in [-0.2, -0.15) is 0 Å². The molecule has 98 valence electrons. The highest BCUT2D eigenvalue weighted by atomic mass is 79.9. The second-order valence-electron chi connectivity index (χ2n) is 4.28. The number of carboxylic acids is 1. The zero-order chi connectivity index (χ0) is 13.3. The second-order valence-corrected chi connectivity index (χ2v) is 6.13. The van der Waals surface area contributed by atoms with Crippen LogP contribution in [0, 0.1) is 5.92 Å². The van der Waals surface area contributed by atoms with Gasteiger partial charge in [0.25, 0.3) is 0 Å². The lowest BCUT2D eigenvalue weighted by molar-refractivity contribution is -0.151. The van der Waals surface area contributed by atoms with Crippen molar-refractivity contribution in [3.8, 4) is 0 Å². The number of piperidine rings is 1. The van der Waals surface area contributed by atoms with Crippen molar-refractivity contribution in [1.29, 1.82) is 0 Å². The highest BCUT2D eigenvalue weighted by Gasteiger charge is 2.40. The van der Waals surface area contributed by atoms with Gasteiger partial charge in [-0.25, -0.2) is 0 Å². The molecule has 0 aliphatic carbocycles. The first kappa shape index (κ1) is 13.5. The Balaban J connectivity index is 2.39. The molecular weight excluding hydrogens is 318 g/mol. The Morgan fingerprint density at radius 3 is 2.89 bits per heavy atom. The van der Waals surface area contributed by atoms with Gasteiger partial charge in [0, 0.05) is 27.7 Å². The fourth-order valence-electron chi connectivity index (χ4n) is 2.42. The standard InChI is InChI=1S/C12H14BrNO3S/c1-2-14-10(15)4-3-8(12(16)17)11(14)9-5-7(13)6-18-9/h5-6,8,11H,2-4H2,1H3,(H,16,17). The quantitative estimate of drug-likeness (QED) is 0.926. The minimum Gasteiger partial charge on any atom is -0.481 e. The Hall–Kier alpha value is -0.880. The van der Waals surface area contributed by atoms with Crippen molar-refractivity contribution < 1.29 is 14.7 Å². The smallest absolute Gasteiger partial charge is 0.308 e. The number of aliphatic carboxylic acids is 1. The average Bonchev–Trinajstić information content (AvgIpc) is 2.74. The van der Waals surface area contributed by atoms with Gasteiger partial charge in [-0.3, -0.25) is 9.59 Å². The summed E-state index contributed by atoms with van der Waals surface area (Å²) in [4.78, 5) is 25.9. The minimum absolute atomic E-state index is 0.0459. The summed E-state index contributed by atoms with van der Waals surface area (Å²) in [6, 6.07) is 1.58. The van der Waals surface area contributed by atoms with Crippen LogP contribution in [0.5, 0.6) is 0 Å². The largest absolute Gasteiger partial charge is 0.481 e. The number of hydrogen-bond donors (Lipinski definition) is 1. The molecular formula is C12H14BrNO3S. The third kappa shape index (κ3) is 2.44. The average molecular weight is 332 g/mol. The van der Waals surface area contributed by atoms with E-state index in [4.69, 9.17) is 0 Å². The van der Waals surface area contributed by atoms with Crippen LogP contribution < -0.4 is 0 Å². The molecule has 1 fully saturated rings. The summed E-state index contributed by atoms with van der Waals surface area (Å²) in [5.74, 6) is -1.28. The van der Waals surface area contributed by atoms with Crippen LogP contribution in [0.15, 0.2) is 15.9 Å². The molecule has 0 bridgehead atoms. The van der Waals surface area contributed by atoms with Gasteiger partial charge in [0.05, 0.1) is 12.0 Å². The maximum Gasteiger partial charge on any atom is 0.308 e. The van der Waals surface area contributed by atoms with Crippen LogP contribution in [-0.4, -0.2) is 28.4 Å². The van der Waals surface area contributed by atoms with Crippen molar-refractivity contribution >= 4 is 39.1 Å². The first-order chi connectivity index (χ1) is 8.54. The fourth-order valence-corrected chi connectivity index (χ4v) is 4.04. The number of halogens is 1. The molecule has 2 atom stereocenters. The molecule has 6 heteroatoms. The second kappa shape index (κ2) is 5.40. The topological polar surface area (TPSA) is 57.6 Å². The van der Waals surface area contributed by atoms with Crippen LogP contribution in [0.2, 0.25) is 0 Å². The number of likely N-dealkylation sites (tertiary alicyclic amines) is 1. The van der Waals surface area contributed by atoms with Crippen LogP contribution in [0.1, 0.15) is 30.7 Å². The molecule has 1 saturated heterocycles. The van der Waals surface area contributed by atoms with E-state index in [2.05, 4.69) is 15.9 Å². The van der Waals surface area contributed by atoms with Crippen molar-refractivity contribution in [2.75, 3.05) is 6.54 Å². The number of thiophene rings is 1. The molecule has 0 saturated carbocycles. The Bertz CT molecular complexity index is 472. The van der Waals surface area contributed by atoms with E-state index >= 15 is 0 Å². The molecule has 1 aromatic rings. The van der Waals surface area contributed by atoms with Crippen LogP contribution in [-0.2, 0) is 9.59 Å². The molecule has 0 radical (unpaired) electrons. The van der Waals surface area contributed by atoms with Gasteiger partial charge in [-0.15, -0.1) is 11.3 Å². The highest BCUT2D eigenvalue weighted by molar-refractivity contribution is 9.10. The van der Waals surface area contributed by atoms with Gasteiger partial charge in [0.15, 0.2) is 0 Å². The maximum atomic E-state index is 11.9. The van der Waals surface area contributed by atoms with Crippen molar-refractivity contribution in [3.63, 3.8) is 0 Å². The van der Waals surface area contributed by atoms with Crippen LogP contribution >= 0.6 is 27.3 Å². The van der Waals surface area contributed by atoms with Crippen LogP contribution in [0.25, 0.3) is 0 Å². The Morgan fingerprint density at radius 1 is 1.67 bits per heavy atom. The molecule has 2 unspecified atom stereocenters. The predicted octanol–water partition coefficient (Wildman–Crippen LogP) is 2.89. The molecule has 0 spiro atoms. The molecule has 1 aliphatic rings. The number of carbonyl (C=O) groups excluding carboxylic acids is 1. The molecule has 18 heavy (non-hydrogen) atoms. The van der Waals surface area contributed by atoms with Crippen LogP contribution in [0.4, 0.5) is 0 Å². The van der Waals surface area contributed by atoms with Gasteiger partial charge in [0.2, 0.25) is 5.91 Å². The van der Waals surface area contributed by atoms with Crippen molar-refractivity contribution in [2.24, 2.45) is 5.92 Å². The van der Waals surface area contributed by atoms with Gasteiger partial charge in [-0.1, -0.05) is 0 Å². The molecule has 1 aromatic heterocycles. The van der Waals surface area contributed by atoms with E-state index in [1.54, 1.807) is 4.90 Å². The normalized spacial score (nSPS) is 24.3. The molecule has 1 aliphatic heterocycles. The first-order valence-corrected chi connectivity index (χ1v) is 7.48. The third-order valence-corrected chi connectivity index (χ3v) is 5.01.